The number of rotatable bonds is 2. The highest BCUT2D eigenvalue weighted by Crippen LogP contribution is 2.35. The van der Waals surface area contributed by atoms with E-state index < -0.39 is 15.1 Å². The Morgan fingerprint density at radius 3 is 2.33 bits per heavy atom. The molecule has 0 aromatic heterocycles. The fraction of sp³-hybridized carbons (Fsp3) is 0.400. The van der Waals surface area contributed by atoms with Crippen LogP contribution in [0.4, 0.5) is 0 Å². The van der Waals surface area contributed by atoms with Crippen LogP contribution in [0.25, 0.3) is 0 Å². The third-order valence-corrected chi connectivity index (χ3v) is 4.89. The summed E-state index contributed by atoms with van der Waals surface area (Å²) in [4.78, 5) is 0. The molecule has 1 aromatic carbocycles. The van der Waals surface area contributed by atoms with E-state index in [9.17, 15) is 8.42 Å². The lowest BCUT2D eigenvalue weighted by atomic mass is 10.1. The molecular weight excluding hydrogens is 214 g/mol. The van der Waals surface area contributed by atoms with Gasteiger partial charge in [-0.15, -0.1) is 0 Å². The maximum absolute atomic E-state index is 11.5. The zero-order valence-corrected chi connectivity index (χ0v) is 9.20. The molecule has 0 bridgehead atoms. The minimum absolute atomic E-state index is 0.0870. The van der Waals surface area contributed by atoms with Gasteiger partial charge in [0, 0.05) is 6.04 Å². The van der Waals surface area contributed by atoms with Gasteiger partial charge < -0.3 is 10.5 Å². The third kappa shape index (κ3) is 1.72. The van der Waals surface area contributed by atoms with Crippen LogP contribution >= 0.6 is 0 Å². The van der Waals surface area contributed by atoms with Gasteiger partial charge in [0.2, 0.25) is 0 Å². The molecule has 15 heavy (non-hydrogen) atoms. The van der Waals surface area contributed by atoms with E-state index in [2.05, 4.69) is 0 Å². The summed E-state index contributed by atoms with van der Waals surface area (Å²) < 4.78 is 27.9. The molecule has 2 rings (SSSR count). The Balaban J connectivity index is 2.30. The van der Waals surface area contributed by atoms with E-state index in [1.807, 2.05) is 0 Å². The molecular formula is C10H13NO3S. The van der Waals surface area contributed by atoms with Crippen molar-refractivity contribution < 1.29 is 13.2 Å². The Labute approximate surface area is 89.0 Å². The summed E-state index contributed by atoms with van der Waals surface area (Å²) in [6.07, 6.45) is 0. The molecule has 1 aromatic rings. The molecule has 2 unspecified atom stereocenters. The monoisotopic (exact) mass is 227 g/mol. The van der Waals surface area contributed by atoms with Gasteiger partial charge in [-0.2, -0.15) is 0 Å². The molecule has 1 saturated heterocycles. The van der Waals surface area contributed by atoms with Gasteiger partial charge in [0.05, 0.1) is 12.9 Å². The van der Waals surface area contributed by atoms with Crippen molar-refractivity contribution in [3.05, 3.63) is 29.8 Å². The van der Waals surface area contributed by atoms with Gasteiger partial charge in [-0.05, 0) is 17.7 Å². The highest BCUT2D eigenvalue weighted by atomic mass is 32.2. The summed E-state index contributed by atoms with van der Waals surface area (Å²) in [6, 6.07) is 6.72. The van der Waals surface area contributed by atoms with Crippen LogP contribution in [0.1, 0.15) is 10.8 Å². The fourth-order valence-corrected chi connectivity index (χ4v) is 3.63. The van der Waals surface area contributed by atoms with E-state index in [1.165, 1.54) is 0 Å². The standard InChI is InChI=1S/C10H13NO3S/c1-14-8-4-2-7(3-5-8)10-9(11)6-15(10,12)13/h2-5,9-10H,6,11H2,1H3. The maximum atomic E-state index is 11.5. The SMILES string of the molecule is COc1ccc(C2C(N)CS2(=O)=O)cc1. The summed E-state index contributed by atoms with van der Waals surface area (Å²) in [5.74, 6) is 0.799. The number of nitrogens with two attached hydrogens (primary N) is 1. The van der Waals surface area contributed by atoms with Crippen LogP contribution < -0.4 is 10.5 Å². The molecule has 1 fully saturated rings. The number of ether oxygens (including phenoxy) is 1. The first-order valence-corrected chi connectivity index (χ1v) is 6.37. The van der Waals surface area contributed by atoms with Crippen LogP contribution in [0.15, 0.2) is 24.3 Å². The quantitative estimate of drug-likeness (QED) is 0.798. The normalized spacial score (nSPS) is 28.1. The first kappa shape index (κ1) is 10.4. The predicted molar refractivity (Wildman–Crippen MR) is 57.5 cm³/mol. The Bertz CT molecular complexity index is 452. The minimum Gasteiger partial charge on any atom is -0.497 e. The van der Waals surface area contributed by atoms with E-state index >= 15 is 0 Å². The molecule has 82 valence electrons. The predicted octanol–water partition coefficient (Wildman–Crippen LogP) is 0.492. The number of hydrogen-bond acceptors (Lipinski definition) is 4. The fourth-order valence-electron chi connectivity index (χ4n) is 1.85. The van der Waals surface area contributed by atoms with Gasteiger partial charge >= 0.3 is 0 Å². The van der Waals surface area contributed by atoms with E-state index in [0.29, 0.717) is 5.75 Å². The molecule has 2 atom stereocenters. The maximum Gasteiger partial charge on any atom is 0.160 e. The average Bonchev–Trinajstić information content (AvgIpc) is 2.17. The summed E-state index contributed by atoms with van der Waals surface area (Å²) in [7, 11) is -1.44. The largest absolute Gasteiger partial charge is 0.497 e. The van der Waals surface area contributed by atoms with Crippen molar-refractivity contribution in [1.82, 2.24) is 0 Å². The lowest BCUT2D eigenvalue weighted by molar-refractivity contribution is 0.414. The number of methoxy groups -OCH3 is 1. The van der Waals surface area contributed by atoms with Crippen molar-refractivity contribution in [3.63, 3.8) is 0 Å². The molecule has 1 aliphatic rings. The highest BCUT2D eigenvalue weighted by Gasteiger charge is 2.44. The number of hydrogen-bond donors (Lipinski definition) is 1. The first-order chi connectivity index (χ1) is 7.04. The van der Waals surface area contributed by atoms with Gasteiger partial charge in [-0.3, -0.25) is 0 Å². The summed E-state index contributed by atoms with van der Waals surface area (Å²) in [6.45, 7) is 0. The van der Waals surface area contributed by atoms with Crippen LogP contribution in [0.5, 0.6) is 5.75 Å². The van der Waals surface area contributed by atoms with Gasteiger partial charge in [-0.25, -0.2) is 8.42 Å². The van der Waals surface area contributed by atoms with E-state index in [0.717, 1.165) is 5.56 Å². The highest BCUT2D eigenvalue weighted by molar-refractivity contribution is 7.93. The topological polar surface area (TPSA) is 69.4 Å². The molecule has 0 saturated carbocycles. The third-order valence-electron chi connectivity index (χ3n) is 2.64. The second kappa shape index (κ2) is 3.50. The first-order valence-electron chi connectivity index (χ1n) is 4.66. The molecule has 0 aliphatic carbocycles. The Hall–Kier alpha value is -1.07. The van der Waals surface area contributed by atoms with Crippen LogP contribution in [-0.2, 0) is 9.84 Å². The average molecular weight is 227 g/mol. The van der Waals surface area contributed by atoms with Crippen LogP contribution in [0.2, 0.25) is 0 Å². The summed E-state index contributed by atoms with van der Waals surface area (Å²) in [5, 5.41) is -0.539. The summed E-state index contributed by atoms with van der Waals surface area (Å²) in [5.41, 5.74) is 6.44. The molecule has 2 N–H and O–H groups in total. The lowest BCUT2D eigenvalue weighted by Crippen LogP contribution is -2.50. The zero-order chi connectivity index (χ0) is 11.1. The van der Waals surface area contributed by atoms with E-state index in [4.69, 9.17) is 10.5 Å². The van der Waals surface area contributed by atoms with Crippen LogP contribution in [-0.4, -0.2) is 27.3 Å². The van der Waals surface area contributed by atoms with Crippen molar-refractivity contribution in [3.8, 4) is 5.75 Å². The van der Waals surface area contributed by atoms with E-state index in [-0.39, 0.29) is 11.8 Å². The number of benzene rings is 1. The van der Waals surface area contributed by atoms with Gasteiger partial charge in [-0.1, -0.05) is 12.1 Å². The minimum atomic E-state index is -3.01. The van der Waals surface area contributed by atoms with E-state index in [1.54, 1.807) is 31.4 Å². The van der Waals surface area contributed by atoms with Crippen molar-refractivity contribution in [2.75, 3.05) is 12.9 Å². The summed E-state index contributed by atoms with van der Waals surface area (Å²) >= 11 is 0. The zero-order valence-electron chi connectivity index (χ0n) is 8.38. The molecule has 1 aliphatic heterocycles. The molecule has 4 nitrogen and oxygen atoms in total. The molecule has 0 spiro atoms. The molecule has 0 radical (unpaired) electrons. The molecule has 1 heterocycles. The van der Waals surface area contributed by atoms with Crippen molar-refractivity contribution in [2.45, 2.75) is 11.3 Å². The van der Waals surface area contributed by atoms with Crippen LogP contribution in [0.3, 0.4) is 0 Å². The smallest absolute Gasteiger partial charge is 0.160 e. The van der Waals surface area contributed by atoms with Crippen molar-refractivity contribution >= 4 is 9.84 Å². The van der Waals surface area contributed by atoms with Crippen molar-refractivity contribution in [2.24, 2.45) is 5.73 Å². The van der Waals surface area contributed by atoms with Gasteiger partial charge in [0.1, 0.15) is 11.0 Å². The Morgan fingerprint density at radius 1 is 1.33 bits per heavy atom. The van der Waals surface area contributed by atoms with Crippen molar-refractivity contribution in [1.29, 1.82) is 0 Å². The lowest BCUT2D eigenvalue weighted by Gasteiger charge is -2.33. The Kier molecular flexibility index (Phi) is 2.44. The second-order valence-electron chi connectivity index (χ2n) is 3.69. The van der Waals surface area contributed by atoms with Crippen LogP contribution in [0, 0.1) is 0 Å². The molecule has 5 heteroatoms. The number of sulfone groups is 1. The molecule has 0 amide bonds. The van der Waals surface area contributed by atoms with Gasteiger partial charge in [0.15, 0.2) is 9.84 Å². The second-order valence-corrected chi connectivity index (χ2v) is 5.85. The Morgan fingerprint density at radius 2 is 1.93 bits per heavy atom. The van der Waals surface area contributed by atoms with Gasteiger partial charge in [0.25, 0.3) is 0 Å².